The van der Waals surface area contributed by atoms with Crippen molar-refractivity contribution >= 4 is 0 Å². The van der Waals surface area contributed by atoms with E-state index in [0.29, 0.717) is 0 Å². The van der Waals surface area contributed by atoms with Crippen LogP contribution in [-0.4, -0.2) is 34.6 Å². The Bertz CT molecular complexity index is 92.9. The molecule has 0 saturated carbocycles. The molecule has 7 nitrogen and oxygen atoms in total. The van der Waals surface area contributed by atoms with Gasteiger partial charge in [-0.25, -0.2) is 0 Å². The van der Waals surface area contributed by atoms with Gasteiger partial charge in [-0.05, 0) is 0 Å². The van der Waals surface area contributed by atoms with E-state index in [1.807, 2.05) is 0 Å². The molecule has 0 amide bonds. The Balaban J connectivity index is 0. The van der Waals surface area contributed by atoms with Crippen LogP contribution >= 0.6 is 0 Å². The molecule has 0 fully saturated rings. The standard InChI is InChI=1S/C3H7NO5.H3N/c5-1-3(2-6)9-4(7)8;/h3,5-6H,1-2H2;1H3. The third-order valence-electron chi connectivity index (χ3n) is 0.642. The van der Waals surface area contributed by atoms with Gasteiger partial charge in [-0.1, -0.05) is 0 Å². The molecule has 0 bridgehead atoms. The second kappa shape index (κ2) is 6.20. The summed E-state index contributed by atoms with van der Waals surface area (Å²) in [5, 5.41) is 24.8. The molecule has 0 aliphatic heterocycles. The van der Waals surface area contributed by atoms with Crippen LogP contribution in [0.25, 0.3) is 0 Å². The molecule has 0 aliphatic carbocycles. The lowest BCUT2D eigenvalue weighted by atomic mass is 10.4. The van der Waals surface area contributed by atoms with Gasteiger partial charge >= 0.3 is 0 Å². The minimum atomic E-state index is -1.11. The Kier molecular flexibility index (Phi) is 7.34. The fraction of sp³-hybridized carbons (Fsp3) is 1.00. The number of hydrogen-bond acceptors (Lipinski definition) is 6. The molecule has 62 valence electrons. The van der Waals surface area contributed by atoms with Crippen molar-refractivity contribution in [1.29, 1.82) is 0 Å². The van der Waals surface area contributed by atoms with E-state index in [4.69, 9.17) is 10.2 Å². The van der Waals surface area contributed by atoms with Crippen LogP contribution in [0.15, 0.2) is 0 Å². The Morgan fingerprint density at radius 3 is 2.00 bits per heavy atom. The quantitative estimate of drug-likeness (QED) is 0.341. The van der Waals surface area contributed by atoms with Crippen molar-refractivity contribution < 1.29 is 20.1 Å². The number of rotatable bonds is 4. The molecule has 0 saturated heterocycles. The second-order valence-corrected chi connectivity index (χ2v) is 1.32. The molecule has 0 aliphatic rings. The van der Waals surface area contributed by atoms with Crippen molar-refractivity contribution in [2.45, 2.75) is 6.10 Å². The zero-order chi connectivity index (χ0) is 7.28. The molecule has 10 heavy (non-hydrogen) atoms. The first kappa shape index (κ1) is 11.8. The van der Waals surface area contributed by atoms with Gasteiger partial charge < -0.3 is 21.2 Å². The first-order valence-corrected chi connectivity index (χ1v) is 2.23. The van der Waals surface area contributed by atoms with Crippen LogP contribution in [0.1, 0.15) is 0 Å². The summed E-state index contributed by atoms with van der Waals surface area (Å²) in [6, 6.07) is 0. The first-order valence-electron chi connectivity index (χ1n) is 2.23. The van der Waals surface area contributed by atoms with Crippen LogP contribution in [0.5, 0.6) is 0 Å². The van der Waals surface area contributed by atoms with Crippen molar-refractivity contribution in [1.82, 2.24) is 6.15 Å². The van der Waals surface area contributed by atoms with Crippen molar-refractivity contribution in [2.75, 3.05) is 13.2 Å². The normalized spacial score (nSPS) is 8.70. The third kappa shape index (κ3) is 5.22. The lowest BCUT2D eigenvalue weighted by Crippen LogP contribution is -2.24. The van der Waals surface area contributed by atoms with E-state index < -0.39 is 24.4 Å². The summed E-state index contributed by atoms with van der Waals surface area (Å²) >= 11 is 0. The molecule has 0 rings (SSSR count). The van der Waals surface area contributed by atoms with Gasteiger partial charge in [0.2, 0.25) is 0 Å². The van der Waals surface area contributed by atoms with Crippen molar-refractivity contribution in [2.24, 2.45) is 0 Å². The molecule has 0 radical (unpaired) electrons. The highest BCUT2D eigenvalue weighted by Gasteiger charge is 2.08. The zero-order valence-corrected chi connectivity index (χ0v) is 5.27. The topological polar surface area (TPSA) is 128 Å². The van der Waals surface area contributed by atoms with Gasteiger partial charge in [0.15, 0.2) is 6.10 Å². The minimum Gasteiger partial charge on any atom is -0.394 e. The molecule has 0 atom stereocenters. The Labute approximate surface area is 56.9 Å². The molecule has 0 heterocycles. The number of aliphatic hydroxyl groups is 2. The highest BCUT2D eigenvalue weighted by molar-refractivity contribution is 4.46. The van der Waals surface area contributed by atoms with Crippen LogP contribution in [0.2, 0.25) is 0 Å². The average molecular weight is 154 g/mol. The van der Waals surface area contributed by atoms with E-state index in [1.165, 1.54) is 0 Å². The van der Waals surface area contributed by atoms with Gasteiger partial charge in [-0.2, -0.15) is 0 Å². The maximum Gasteiger partial charge on any atom is 0.294 e. The van der Waals surface area contributed by atoms with Crippen LogP contribution in [0.4, 0.5) is 0 Å². The van der Waals surface area contributed by atoms with Crippen molar-refractivity contribution in [3.63, 3.8) is 0 Å². The Hall–Kier alpha value is -0.920. The van der Waals surface area contributed by atoms with Gasteiger partial charge in [0.1, 0.15) is 0 Å². The lowest BCUT2D eigenvalue weighted by Gasteiger charge is -2.05. The largest absolute Gasteiger partial charge is 0.394 e. The van der Waals surface area contributed by atoms with Gasteiger partial charge in [0.05, 0.1) is 13.2 Å². The average Bonchev–Trinajstić information content (AvgIpc) is 1.82. The van der Waals surface area contributed by atoms with Crippen LogP contribution < -0.4 is 6.15 Å². The predicted octanol–water partition coefficient (Wildman–Crippen LogP) is -1.29. The maximum atomic E-state index is 9.49. The molecular weight excluding hydrogens is 144 g/mol. The van der Waals surface area contributed by atoms with Gasteiger partial charge in [-0.3, -0.25) is 0 Å². The second-order valence-electron chi connectivity index (χ2n) is 1.32. The fourth-order valence-corrected chi connectivity index (χ4v) is 0.246. The maximum absolute atomic E-state index is 9.49. The zero-order valence-electron chi connectivity index (χ0n) is 5.27. The van der Waals surface area contributed by atoms with E-state index in [2.05, 4.69) is 4.84 Å². The van der Waals surface area contributed by atoms with Gasteiger partial charge in [-0.15, -0.1) is 10.1 Å². The Morgan fingerprint density at radius 1 is 1.50 bits per heavy atom. The SMILES string of the molecule is N.O=[N+]([O-])OC(CO)CO. The summed E-state index contributed by atoms with van der Waals surface area (Å²) in [4.78, 5) is 13.3. The third-order valence-corrected chi connectivity index (χ3v) is 0.642. The van der Waals surface area contributed by atoms with Crippen molar-refractivity contribution in [3.8, 4) is 0 Å². The molecule has 0 aromatic carbocycles. The van der Waals surface area contributed by atoms with Crippen molar-refractivity contribution in [3.05, 3.63) is 10.1 Å². The van der Waals surface area contributed by atoms with E-state index in [9.17, 15) is 10.1 Å². The molecule has 0 aromatic heterocycles. The molecular formula is C3H10N2O5. The van der Waals surface area contributed by atoms with E-state index in [1.54, 1.807) is 0 Å². The summed E-state index contributed by atoms with van der Waals surface area (Å²) in [5.41, 5.74) is 0. The predicted molar refractivity (Wildman–Crippen MR) is 31.1 cm³/mol. The molecule has 0 unspecified atom stereocenters. The van der Waals surface area contributed by atoms with Gasteiger partial charge in [0, 0.05) is 0 Å². The van der Waals surface area contributed by atoms with Gasteiger partial charge in [0.25, 0.3) is 5.09 Å². The molecule has 0 spiro atoms. The monoisotopic (exact) mass is 154 g/mol. The summed E-state index contributed by atoms with van der Waals surface area (Å²) in [5.74, 6) is 0. The minimum absolute atomic E-state index is 0. The highest BCUT2D eigenvalue weighted by atomic mass is 17.0. The van der Waals surface area contributed by atoms with E-state index in [0.717, 1.165) is 0 Å². The summed E-state index contributed by atoms with van der Waals surface area (Å²) < 4.78 is 0. The number of aliphatic hydroxyl groups excluding tert-OH is 2. The summed E-state index contributed by atoms with van der Waals surface area (Å²) in [7, 11) is 0. The van der Waals surface area contributed by atoms with E-state index >= 15 is 0 Å². The fourth-order valence-electron chi connectivity index (χ4n) is 0.246. The molecule has 0 aromatic rings. The smallest absolute Gasteiger partial charge is 0.294 e. The number of nitrogens with zero attached hydrogens (tertiary/aromatic N) is 1. The van der Waals surface area contributed by atoms with Crippen LogP contribution in [-0.2, 0) is 4.84 Å². The Morgan fingerprint density at radius 2 is 1.90 bits per heavy atom. The summed E-state index contributed by atoms with van der Waals surface area (Å²) in [6.07, 6.45) is -1.11. The lowest BCUT2D eigenvalue weighted by molar-refractivity contribution is -0.769. The molecule has 7 heteroatoms. The first-order chi connectivity index (χ1) is 4.20. The number of hydrogen-bond donors (Lipinski definition) is 3. The summed E-state index contributed by atoms with van der Waals surface area (Å²) in [6.45, 7) is -1.12. The highest BCUT2D eigenvalue weighted by Crippen LogP contribution is 1.87. The van der Waals surface area contributed by atoms with Crippen LogP contribution in [0, 0.1) is 10.1 Å². The molecule has 5 N–H and O–H groups in total. The van der Waals surface area contributed by atoms with Crippen LogP contribution in [0.3, 0.4) is 0 Å². The van der Waals surface area contributed by atoms with E-state index in [-0.39, 0.29) is 6.15 Å².